The molecule has 0 aliphatic heterocycles. The molecule has 28 heavy (non-hydrogen) atoms. The van der Waals surface area contributed by atoms with Gasteiger partial charge in [-0.15, -0.1) is 0 Å². The molecule has 0 unspecified atom stereocenters. The number of benzene rings is 3. The number of ether oxygens (including phenoxy) is 1. The first-order valence-electron chi connectivity index (χ1n) is 8.27. The SMILES string of the molecule is O=C(N/N=C/c1ccccc1OCc1ccc(Cl)cc1Cl)c1ccc(Cl)cc1. The second-order valence-corrected chi connectivity index (χ2v) is 7.05. The molecule has 7 heteroatoms. The Balaban J connectivity index is 1.65. The molecule has 0 bridgehead atoms. The molecule has 0 saturated heterocycles. The zero-order valence-corrected chi connectivity index (χ0v) is 16.8. The van der Waals surface area contributed by atoms with Gasteiger partial charge in [0, 0.05) is 31.8 Å². The first kappa shape index (κ1) is 20.2. The maximum atomic E-state index is 12.1. The molecule has 1 amide bonds. The number of nitrogens with zero attached hydrogens (tertiary/aromatic N) is 1. The van der Waals surface area contributed by atoms with Gasteiger partial charge in [0.05, 0.1) is 6.21 Å². The first-order valence-corrected chi connectivity index (χ1v) is 9.41. The molecule has 0 atom stereocenters. The number of halogens is 3. The van der Waals surface area contributed by atoms with Crippen molar-refractivity contribution in [3.63, 3.8) is 0 Å². The fourth-order valence-electron chi connectivity index (χ4n) is 2.34. The van der Waals surface area contributed by atoms with Crippen molar-refractivity contribution in [2.24, 2.45) is 5.10 Å². The van der Waals surface area contributed by atoms with E-state index in [0.29, 0.717) is 31.9 Å². The van der Waals surface area contributed by atoms with Gasteiger partial charge in [0.15, 0.2) is 0 Å². The second-order valence-electron chi connectivity index (χ2n) is 5.77. The molecule has 0 aromatic heterocycles. The lowest BCUT2D eigenvalue weighted by Crippen LogP contribution is -2.17. The third kappa shape index (κ3) is 5.49. The van der Waals surface area contributed by atoms with Crippen molar-refractivity contribution in [3.8, 4) is 5.75 Å². The van der Waals surface area contributed by atoms with Gasteiger partial charge >= 0.3 is 0 Å². The molecule has 0 radical (unpaired) electrons. The third-order valence-corrected chi connectivity index (χ3v) is 4.63. The van der Waals surface area contributed by atoms with Crippen LogP contribution in [0.5, 0.6) is 5.75 Å². The van der Waals surface area contributed by atoms with Crippen LogP contribution in [0, 0.1) is 0 Å². The second kappa shape index (κ2) is 9.60. The van der Waals surface area contributed by atoms with Crippen LogP contribution in [-0.2, 0) is 6.61 Å². The minimum absolute atomic E-state index is 0.276. The summed E-state index contributed by atoms with van der Waals surface area (Å²) in [7, 11) is 0. The topological polar surface area (TPSA) is 50.7 Å². The number of hydrazone groups is 1. The molecular weight excluding hydrogens is 419 g/mol. The zero-order chi connectivity index (χ0) is 19.9. The molecule has 0 saturated carbocycles. The quantitative estimate of drug-likeness (QED) is 0.383. The molecule has 3 aromatic carbocycles. The molecule has 0 aliphatic rings. The summed E-state index contributed by atoms with van der Waals surface area (Å²) in [6.07, 6.45) is 1.52. The number of carbonyl (C=O) groups is 1. The highest BCUT2D eigenvalue weighted by Gasteiger charge is 2.06. The van der Waals surface area contributed by atoms with Gasteiger partial charge in [-0.2, -0.15) is 5.10 Å². The Bertz CT molecular complexity index is 1000. The molecule has 1 N–H and O–H groups in total. The third-order valence-electron chi connectivity index (χ3n) is 3.79. The Hall–Kier alpha value is -2.53. The Morgan fingerprint density at radius 1 is 0.964 bits per heavy atom. The van der Waals surface area contributed by atoms with Crippen molar-refractivity contribution in [1.29, 1.82) is 0 Å². The van der Waals surface area contributed by atoms with Crippen LogP contribution in [0.25, 0.3) is 0 Å². The van der Waals surface area contributed by atoms with Gasteiger partial charge in [0.2, 0.25) is 0 Å². The van der Waals surface area contributed by atoms with Crippen LogP contribution in [0.4, 0.5) is 0 Å². The van der Waals surface area contributed by atoms with Crippen molar-refractivity contribution >= 4 is 46.9 Å². The van der Waals surface area contributed by atoms with E-state index in [4.69, 9.17) is 39.5 Å². The molecule has 0 fully saturated rings. The van der Waals surface area contributed by atoms with Crippen molar-refractivity contribution in [1.82, 2.24) is 5.43 Å². The summed E-state index contributed by atoms with van der Waals surface area (Å²) >= 11 is 17.9. The Morgan fingerprint density at radius 2 is 1.68 bits per heavy atom. The number of rotatable bonds is 6. The number of hydrogen-bond acceptors (Lipinski definition) is 3. The van der Waals surface area contributed by atoms with E-state index in [2.05, 4.69) is 10.5 Å². The molecule has 4 nitrogen and oxygen atoms in total. The number of para-hydroxylation sites is 1. The van der Waals surface area contributed by atoms with E-state index in [1.807, 2.05) is 30.3 Å². The van der Waals surface area contributed by atoms with Gasteiger partial charge in [0.25, 0.3) is 5.91 Å². The molecule has 3 aromatic rings. The molecule has 142 valence electrons. The van der Waals surface area contributed by atoms with Crippen molar-refractivity contribution < 1.29 is 9.53 Å². The lowest BCUT2D eigenvalue weighted by Gasteiger charge is -2.10. The van der Waals surface area contributed by atoms with Crippen molar-refractivity contribution in [2.75, 3.05) is 0 Å². The average molecular weight is 434 g/mol. The van der Waals surface area contributed by atoms with Crippen molar-refractivity contribution in [2.45, 2.75) is 6.61 Å². The van der Waals surface area contributed by atoms with Gasteiger partial charge in [-0.3, -0.25) is 4.79 Å². The van der Waals surface area contributed by atoms with Crippen LogP contribution in [0.1, 0.15) is 21.5 Å². The maximum absolute atomic E-state index is 12.1. The average Bonchev–Trinajstić information content (AvgIpc) is 2.68. The number of amides is 1. The first-order chi connectivity index (χ1) is 13.5. The van der Waals surface area contributed by atoms with E-state index in [0.717, 1.165) is 5.56 Å². The minimum atomic E-state index is -0.334. The Labute approximate surface area is 177 Å². The zero-order valence-electron chi connectivity index (χ0n) is 14.5. The van der Waals surface area contributed by atoms with E-state index in [1.165, 1.54) is 6.21 Å². The van der Waals surface area contributed by atoms with Crippen LogP contribution >= 0.6 is 34.8 Å². The van der Waals surface area contributed by atoms with Gasteiger partial charge < -0.3 is 4.74 Å². The standard InChI is InChI=1S/C21H15Cl3N2O2/c22-17-8-5-14(6-9-17)21(27)26-25-12-15-3-1-2-4-20(15)28-13-16-7-10-18(23)11-19(16)24/h1-12H,13H2,(H,26,27)/b25-12+. The van der Waals surface area contributed by atoms with Crippen LogP contribution in [0.2, 0.25) is 15.1 Å². The van der Waals surface area contributed by atoms with Gasteiger partial charge in [-0.05, 0) is 48.5 Å². The summed E-state index contributed by atoms with van der Waals surface area (Å²) < 4.78 is 5.85. The number of nitrogens with one attached hydrogen (secondary N) is 1. The van der Waals surface area contributed by atoms with E-state index >= 15 is 0 Å². The monoisotopic (exact) mass is 432 g/mol. The minimum Gasteiger partial charge on any atom is -0.488 e. The summed E-state index contributed by atoms with van der Waals surface area (Å²) in [6, 6.07) is 19.1. The normalized spacial score (nSPS) is 10.8. The molecule has 0 aliphatic carbocycles. The van der Waals surface area contributed by atoms with E-state index in [9.17, 15) is 4.79 Å². The highest BCUT2D eigenvalue weighted by atomic mass is 35.5. The van der Waals surface area contributed by atoms with Crippen molar-refractivity contribution in [3.05, 3.63) is 98.5 Å². The lowest BCUT2D eigenvalue weighted by molar-refractivity contribution is 0.0955. The predicted octanol–water partition coefficient (Wildman–Crippen LogP) is 5.99. The highest BCUT2D eigenvalue weighted by Crippen LogP contribution is 2.24. The van der Waals surface area contributed by atoms with Gasteiger partial charge in [-0.1, -0.05) is 53.0 Å². The van der Waals surface area contributed by atoms with E-state index in [-0.39, 0.29) is 12.5 Å². The van der Waals surface area contributed by atoms with Crippen LogP contribution in [0.15, 0.2) is 71.8 Å². The lowest BCUT2D eigenvalue weighted by atomic mass is 10.2. The smallest absolute Gasteiger partial charge is 0.271 e. The maximum Gasteiger partial charge on any atom is 0.271 e. The van der Waals surface area contributed by atoms with Crippen LogP contribution in [0.3, 0.4) is 0 Å². The molecule has 3 rings (SSSR count). The fraction of sp³-hybridized carbons (Fsp3) is 0.0476. The molecular formula is C21H15Cl3N2O2. The van der Waals surface area contributed by atoms with Gasteiger partial charge in [0.1, 0.15) is 12.4 Å². The number of hydrogen-bond donors (Lipinski definition) is 1. The van der Waals surface area contributed by atoms with Crippen LogP contribution < -0.4 is 10.2 Å². The fourth-order valence-corrected chi connectivity index (χ4v) is 2.93. The highest BCUT2D eigenvalue weighted by molar-refractivity contribution is 6.35. The van der Waals surface area contributed by atoms with E-state index in [1.54, 1.807) is 36.4 Å². The van der Waals surface area contributed by atoms with E-state index < -0.39 is 0 Å². The van der Waals surface area contributed by atoms with Crippen LogP contribution in [-0.4, -0.2) is 12.1 Å². The Kier molecular flexibility index (Phi) is 6.93. The number of carbonyl (C=O) groups excluding carboxylic acids is 1. The van der Waals surface area contributed by atoms with Gasteiger partial charge in [-0.25, -0.2) is 5.43 Å². The molecule has 0 spiro atoms. The largest absolute Gasteiger partial charge is 0.488 e. The molecule has 0 heterocycles. The summed E-state index contributed by atoms with van der Waals surface area (Å²) in [6.45, 7) is 0.276. The summed E-state index contributed by atoms with van der Waals surface area (Å²) in [5.74, 6) is 0.275. The predicted molar refractivity (Wildman–Crippen MR) is 114 cm³/mol. The summed E-state index contributed by atoms with van der Waals surface area (Å²) in [5.41, 5.74) is 4.47. The Morgan fingerprint density at radius 3 is 2.43 bits per heavy atom. The summed E-state index contributed by atoms with van der Waals surface area (Å²) in [5, 5.41) is 5.67. The summed E-state index contributed by atoms with van der Waals surface area (Å²) in [4.78, 5) is 12.1.